The zero-order valence-electron chi connectivity index (χ0n) is 10.8. The van der Waals surface area contributed by atoms with Gasteiger partial charge in [0, 0.05) is 32.8 Å². The van der Waals surface area contributed by atoms with Crippen molar-refractivity contribution < 1.29 is 4.79 Å². The minimum absolute atomic E-state index is 0.00421. The van der Waals surface area contributed by atoms with Gasteiger partial charge in [-0.25, -0.2) is 4.98 Å². The van der Waals surface area contributed by atoms with Crippen molar-refractivity contribution in [2.75, 3.05) is 37.9 Å². The smallest absolute Gasteiger partial charge is 0.228 e. The van der Waals surface area contributed by atoms with Gasteiger partial charge in [0.1, 0.15) is 0 Å². The highest BCUT2D eigenvalue weighted by molar-refractivity contribution is 5.95. The van der Waals surface area contributed by atoms with Gasteiger partial charge < -0.3 is 15.5 Å². The highest BCUT2D eigenvalue weighted by atomic mass is 16.1. The first kappa shape index (κ1) is 13.4. The van der Waals surface area contributed by atoms with Crippen LogP contribution in [0.15, 0.2) is 18.3 Å². The predicted molar refractivity (Wildman–Crippen MR) is 70.3 cm³/mol. The molecule has 0 bridgehead atoms. The summed E-state index contributed by atoms with van der Waals surface area (Å²) in [6.45, 7) is 2.54. The Morgan fingerprint density at radius 2 is 2.24 bits per heavy atom. The van der Waals surface area contributed by atoms with Crippen molar-refractivity contribution in [3.63, 3.8) is 0 Å². The molecule has 17 heavy (non-hydrogen) atoms. The number of nitrogens with one attached hydrogen (secondary N) is 2. The number of nitrogens with zero attached hydrogens (tertiary/aromatic N) is 2. The van der Waals surface area contributed by atoms with Crippen molar-refractivity contribution in [3.05, 3.63) is 18.3 Å². The minimum Gasteiger partial charge on any atom is -0.361 e. The summed E-state index contributed by atoms with van der Waals surface area (Å²) in [5, 5.41) is 5.88. The van der Waals surface area contributed by atoms with Crippen LogP contribution in [0.3, 0.4) is 0 Å². The first-order valence-corrected chi connectivity index (χ1v) is 5.64. The fourth-order valence-corrected chi connectivity index (χ4v) is 1.51. The summed E-state index contributed by atoms with van der Waals surface area (Å²) in [5.74, 6) is 0.683. The van der Waals surface area contributed by atoms with E-state index in [4.69, 9.17) is 0 Å². The number of hydrogen-bond donors (Lipinski definition) is 2. The maximum atomic E-state index is 11.9. The van der Waals surface area contributed by atoms with E-state index < -0.39 is 0 Å². The van der Waals surface area contributed by atoms with Gasteiger partial charge in [-0.15, -0.1) is 0 Å². The van der Waals surface area contributed by atoms with E-state index in [-0.39, 0.29) is 11.8 Å². The number of amides is 1. The molecule has 0 aliphatic carbocycles. The third kappa shape index (κ3) is 3.71. The molecule has 5 heteroatoms. The maximum absolute atomic E-state index is 11.9. The van der Waals surface area contributed by atoms with Crippen LogP contribution in [0.2, 0.25) is 0 Å². The Morgan fingerprint density at radius 1 is 1.53 bits per heavy atom. The quantitative estimate of drug-likeness (QED) is 0.799. The second-order valence-corrected chi connectivity index (χ2v) is 4.22. The fraction of sp³-hybridized carbons (Fsp3) is 0.500. The van der Waals surface area contributed by atoms with E-state index in [9.17, 15) is 4.79 Å². The first-order chi connectivity index (χ1) is 8.06. The normalized spacial score (nSPS) is 12.0. The van der Waals surface area contributed by atoms with Gasteiger partial charge in [0.2, 0.25) is 5.91 Å². The molecule has 0 radical (unpaired) electrons. The summed E-state index contributed by atoms with van der Waals surface area (Å²) in [6.07, 6.45) is 1.71. The molecule has 0 saturated carbocycles. The number of carbonyl (C=O) groups is 1. The molecule has 2 N–H and O–H groups in total. The third-order valence-electron chi connectivity index (χ3n) is 2.43. The Balaban J connectivity index is 2.77. The monoisotopic (exact) mass is 236 g/mol. The van der Waals surface area contributed by atoms with E-state index >= 15 is 0 Å². The molecule has 1 aromatic rings. The Bertz CT molecular complexity index is 379. The average molecular weight is 236 g/mol. The number of aromatic nitrogens is 1. The molecule has 1 aromatic heterocycles. The Kier molecular flexibility index (Phi) is 4.90. The van der Waals surface area contributed by atoms with Crippen LogP contribution in [0.4, 0.5) is 11.5 Å². The zero-order chi connectivity index (χ0) is 12.8. The number of carbonyl (C=O) groups excluding carboxylic acids is 1. The van der Waals surface area contributed by atoms with E-state index in [2.05, 4.69) is 15.6 Å². The second kappa shape index (κ2) is 6.20. The summed E-state index contributed by atoms with van der Waals surface area (Å²) >= 11 is 0. The SMILES string of the molecule is CNCC(C)C(=O)Nc1cccnc1N(C)C. The van der Waals surface area contributed by atoms with Crippen molar-refractivity contribution in [1.29, 1.82) is 0 Å². The largest absolute Gasteiger partial charge is 0.361 e. The van der Waals surface area contributed by atoms with Crippen molar-refractivity contribution >= 4 is 17.4 Å². The van der Waals surface area contributed by atoms with Gasteiger partial charge in [-0.05, 0) is 19.2 Å². The number of hydrogen-bond acceptors (Lipinski definition) is 4. The van der Waals surface area contributed by atoms with Crippen LogP contribution in [0.25, 0.3) is 0 Å². The van der Waals surface area contributed by atoms with Crippen LogP contribution in [-0.2, 0) is 4.79 Å². The molecular formula is C12H20N4O. The molecule has 94 valence electrons. The zero-order valence-corrected chi connectivity index (χ0v) is 10.8. The molecule has 1 rings (SSSR count). The molecule has 0 aromatic carbocycles. The summed E-state index contributed by atoms with van der Waals surface area (Å²) in [5.41, 5.74) is 0.741. The van der Waals surface area contributed by atoms with E-state index in [0.29, 0.717) is 6.54 Å². The van der Waals surface area contributed by atoms with Gasteiger partial charge in [0.05, 0.1) is 5.69 Å². The van der Waals surface area contributed by atoms with Crippen LogP contribution >= 0.6 is 0 Å². The summed E-state index contributed by atoms with van der Waals surface area (Å²) in [4.78, 5) is 18.0. The molecule has 0 saturated heterocycles. The van der Waals surface area contributed by atoms with Crippen LogP contribution in [0.1, 0.15) is 6.92 Å². The van der Waals surface area contributed by atoms with Gasteiger partial charge in [0.25, 0.3) is 0 Å². The lowest BCUT2D eigenvalue weighted by molar-refractivity contribution is -0.119. The Hall–Kier alpha value is -1.62. The van der Waals surface area contributed by atoms with Crippen molar-refractivity contribution in [3.8, 4) is 0 Å². The predicted octanol–water partition coefficient (Wildman–Crippen LogP) is 0.942. The molecule has 0 spiro atoms. The van der Waals surface area contributed by atoms with Crippen molar-refractivity contribution in [2.45, 2.75) is 6.92 Å². The molecule has 0 aliphatic rings. The molecule has 1 unspecified atom stereocenters. The Labute approximate surface area is 102 Å². The lowest BCUT2D eigenvalue weighted by Crippen LogP contribution is -2.29. The second-order valence-electron chi connectivity index (χ2n) is 4.22. The van der Waals surface area contributed by atoms with Crippen LogP contribution in [0, 0.1) is 5.92 Å². The topological polar surface area (TPSA) is 57.3 Å². The molecular weight excluding hydrogens is 216 g/mol. The van der Waals surface area contributed by atoms with Crippen LogP contribution in [0.5, 0.6) is 0 Å². The van der Waals surface area contributed by atoms with Gasteiger partial charge in [-0.2, -0.15) is 0 Å². The molecule has 1 heterocycles. The molecule has 0 aliphatic heterocycles. The van der Waals surface area contributed by atoms with E-state index in [1.807, 2.05) is 45.1 Å². The first-order valence-electron chi connectivity index (χ1n) is 5.64. The lowest BCUT2D eigenvalue weighted by Gasteiger charge is -2.17. The highest BCUT2D eigenvalue weighted by Gasteiger charge is 2.14. The fourth-order valence-electron chi connectivity index (χ4n) is 1.51. The van der Waals surface area contributed by atoms with Gasteiger partial charge in [0.15, 0.2) is 5.82 Å². The van der Waals surface area contributed by atoms with Gasteiger partial charge in [-0.1, -0.05) is 6.92 Å². The molecule has 5 nitrogen and oxygen atoms in total. The van der Waals surface area contributed by atoms with E-state index in [0.717, 1.165) is 11.5 Å². The lowest BCUT2D eigenvalue weighted by atomic mass is 10.1. The van der Waals surface area contributed by atoms with Crippen molar-refractivity contribution in [2.24, 2.45) is 5.92 Å². The third-order valence-corrected chi connectivity index (χ3v) is 2.43. The minimum atomic E-state index is -0.0739. The van der Waals surface area contributed by atoms with Gasteiger partial charge >= 0.3 is 0 Å². The highest BCUT2D eigenvalue weighted by Crippen LogP contribution is 2.20. The molecule has 1 amide bonds. The van der Waals surface area contributed by atoms with E-state index in [1.165, 1.54) is 0 Å². The summed E-state index contributed by atoms with van der Waals surface area (Å²) < 4.78 is 0. The standard InChI is InChI=1S/C12H20N4O/c1-9(8-13-2)12(17)15-10-6-5-7-14-11(10)16(3)4/h5-7,9,13H,8H2,1-4H3,(H,15,17). The van der Waals surface area contributed by atoms with Crippen LogP contribution < -0.4 is 15.5 Å². The maximum Gasteiger partial charge on any atom is 0.228 e. The summed E-state index contributed by atoms with van der Waals surface area (Å²) in [6, 6.07) is 3.66. The summed E-state index contributed by atoms with van der Waals surface area (Å²) in [7, 11) is 5.63. The Morgan fingerprint density at radius 3 is 2.82 bits per heavy atom. The van der Waals surface area contributed by atoms with Crippen LogP contribution in [-0.4, -0.2) is 38.6 Å². The van der Waals surface area contributed by atoms with E-state index in [1.54, 1.807) is 6.20 Å². The number of rotatable bonds is 5. The number of pyridine rings is 1. The molecule has 1 atom stereocenters. The average Bonchev–Trinajstić information content (AvgIpc) is 2.29. The van der Waals surface area contributed by atoms with Crippen molar-refractivity contribution in [1.82, 2.24) is 10.3 Å². The molecule has 0 fully saturated rings. The van der Waals surface area contributed by atoms with Gasteiger partial charge in [-0.3, -0.25) is 4.79 Å². The number of anilines is 2.